The first kappa shape index (κ1) is 18.0. The second-order valence-electron chi connectivity index (χ2n) is 7.23. The van der Waals surface area contributed by atoms with E-state index in [-0.39, 0.29) is 5.82 Å². The van der Waals surface area contributed by atoms with Crippen LogP contribution < -0.4 is 15.1 Å². The summed E-state index contributed by atoms with van der Waals surface area (Å²) in [5.74, 6) is 2.09. The van der Waals surface area contributed by atoms with E-state index < -0.39 is 0 Å². The molecule has 2 aromatic heterocycles. The van der Waals surface area contributed by atoms with Crippen molar-refractivity contribution in [3.05, 3.63) is 47.9 Å². The van der Waals surface area contributed by atoms with Gasteiger partial charge in [-0.3, -0.25) is 0 Å². The number of nitrogens with one attached hydrogen (secondary N) is 1. The number of hydrogen-bond donors (Lipinski definition) is 1. The van der Waals surface area contributed by atoms with E-state index in [2.05, 4.69) is 29.7 Å². The number of piperidine rings is 1. The first-order valence-electron chi connectivity index (χ1n) is 9.62. The van der Waals surface area contributed by atoms with Gasteiger partial charge in [0.1, 0.15) is 11.6 Å². The lowest BCUT2D eigenvalue weighted by Crippen LogP contribution is -2.39. The topological polar surface area (TPSA) is 75.0 Å². The van der Waals surface area contributed by atoms with Gasteiger partial charge in [0.25, 0.3) is 0 Å². The maximum Gasteiger partial charge on any atom is 0.243 e. The van der Waals surface area contributed by atoms with E-state index in [0.29, 0.717) is 18.5 Å². The zero-order valence-electron chi connectivity index (χ0n) is 16.0. The highest BCUT2D eigenvalue weighted by atomic mass is 32.1. The van der Waals surface area contributed by atoms with Crippen LogP contribution in [0.15, 0.2) is 30.5 Å². The summed E-state index contributed by atoms with van der Waals surface area (Å²) < 4.78 is 19.2. The van der Waals surface area contributed by atoms with Crippen LogP contribution in [0.2, 0.25) is 0 Å². The molecule has 1 fully saturated rings. The lowest BCUT2D eigenvalue weighted by Gasteiger charge is -2.31. The Bertz CT molecular complexity index is 1020. The highest BCUT2D eigenvalue weighted by Crippen LogP contribution is 2.24. The molecule has 4 heterocycles. The molecule has 29 heavy (non-hydrogen) atoms. The molecule has 10 heteroatoms. The van der Waals surface area contributed by atoms with Crippen molar-refractivity contribution in [1.82, 2.24) is 24.1 Å². The molecule has 0 saturated carbocycles. The molecule has 2 aliphatic rings. The first-order valence-corrected chi connectivity index (χ1v) is 10.4. The highest BCUT2D eigenvalue weighted by molar-refractivity contribution is 7.09. The van der Waals surface area contributed by atoms with Crippen molar-refractivity contribution in [2.24, 2.45) is 0 Å². The Kier molecular flexibility index (Phi) is 4.62. The minimum atomic E-state index is -0.239. The van der Waals surface area contributed by atoms with Crippen molar-refractivity contribution in [3.63, 3.8) is 0 Å². The number of anilines is 3. The standard InChI is InChI=1S/C19H21FN8S/c1-13-21-19(29-25-13)26-8-6-15(7-9-26)22-18-23-17-12-27(10-11-28(17)24-18)16-4-2-14(20)3-5-16/h2-5,10-11,15H,6-9,12H2,1H3,(H,22,24). The van der Waals surface area contributed by atoms with Gasteiger partial charge in [-0.1, -0.05) is 0 Å². The predicted octanol–water partition coefficient (Wildman–Crippen LogP) is 3.11. The average Bonchev–Trinajstić information content (AvgIpc) is 3.34. The fourth-order valence-corrected chi connectivity index (χ4v) is 4.34. The van der Waals surface area contributed by atoms with Crippen LogP contribution in [-0.4, -0.2) is 43.3 Å². The lowest BCUT2D eigenvalue weighted by atomic mass is 10.1. The van der Waals surface area contributed by atoms with Gasteiger partial charge in [0.2, 0.25) is 11.1 Å². The third-order valence-corrected chi connectivity index (χ3v) is 6.04. The molecular weight excluding hydrogens is 391 g/mol. The van der Waals surface area contributed by atoms with E-state index in [4.69, 9.17) is 0 Å². The molecule has 1 aromatic carbocycles. The summed E-state index contributed by atoms with van der Waals surface area (Å²) in [5.41, 5.74) is 0.922. The Morgan fingerprint density at radius 1 is 1.10 bits per heavy atom. The molecule has 0 unspecified atom stereocenters. The number of halogens is 1. The number of rotatable bonds is 4. The number of nitrogens with zero attached hydrogens (tertiary/aromatic N) is 7. The van der Waals surface area contributed by atoms with Crippen LogP contribution in [0.25, 0.3) is 6.20 Å². The molecular formula is C19H21FN8S. The molecule has 5 rings (SSSR count). The number of fused-ring (bicyclic) bond motifs is 1. The van der Waals surface area contributed by atoms with Crippen molar-refractivity contribution in [3.8, 4) is 0 Å². The summed E-state index contributed by atoms with van der Waals surface area (Å²) in [4.78, 5) is 13.4. The van der Waals surface area contributed by atoms with Crippen LogP contribution in [0, 0.1) is 12.7 Å². The molecule has 1 saturated heterocycles. The highest BCUT2D eigenvalue weighted by Gasteiger charge is 2.23. The predicted molar refractivity (Wildman–Crippen MR) is 111 cm³/mol. The molecule has 0 radical (unpaired) electrons. The SMILES string of the molecule is Cc1nsc(N2CCC(Nc3nc4n(n3)C=CN(c3ccc(F)cc3)C4)CC2)n1. The van der Waals surface area contributed by atoms with E-state index in [0.717, 1.165) is 48.4 Å². The van der Waals surface area contributed by atoms with Gasteiger partial charge >= 0.3 is 0 Å². The summed E-state index contributed by atoms with van der Waals surface area (Å²) in [6, 6.07) is 6.79. The largest absolute Gasteiger partial charge is 0.350 e. The molecule has 0 bridgehead atoms. The smallest absolute Gasteiger partial charge is 0.243 e. The van der Waals surface area contributed by atoms with Gasteiger partial charge in [-0.05, 0) is 44.0 Å². The van der Waals surface area contributed by atoms with Crippen LogP contribution in [-0.2, 0) is 6.54 Å². The second kappa shape index (κ2) is 7.43. The van der Waals surface area contributed by atoms with E-state index >= 15 is 0 Å². The monoisotopic (exact) mass is 412 g/mol. The third kappa shape index (κ3) is 3.80. The van der Waals surface area contributed by atoms with Crippen LogP contribution in [0.4, 0.5) is 21.2 Å². The van der Waals surface area contributed by atoms with Crippen LogP contribution in [0.1, 0.15) is 24.5 Å². The zero-order chi connectivity index (χ0) is 19.8. The molecule has 0 aliphatic carbocycles. The summed E-state index contributed by atoms with van der Waals surface area (Å²) in [7, 11) is 0. The van der Waals surface area contributed by atoms with Gasteiger partial charge < -0.3 is 15.1 Å². The van der Waals surface area contributed by atoms with E-state index in [1.807, 2.05) is 24.2 Å². The molecule has 0 atom stereocenters. The maximum absolute atomic E-state index is 13.2. The Morgan fingerprint density at radius 3 is 2.62 bits per heavy atom. The normalized spacial score (nSPS) is 16.9. The molecule has 0 spiro atoms. The van der Waals surface area contributed by atoms with Gasteiger partial charge in [0, 0.05) is 48.8 Å². The number of aryl methyl sites for hydroxylation is 1. The van der Waals surface area contributed by atoms with E-state index in [1.54, 1.807) is 16.8 Å². The minimum absolute atomic E-state index is 0.239. The number of aromatic nitrogens is 5. The third-order valence-electron chi connectivity index (χ3n) is 5.18. The lowest BCUT2D eigenvalue weighted by molar-refractivity contribution is 0.523. The van der Waals surface area contributed by atoms with Crippen LogP contribution in [0.3, 0.4) is 0 Å². The summed E-state index contributed by atoms with van der Waals surface area (Å²) in [6.45, 7) is 4.40. The molecule has 0 amide bonds. The number of benzene rings is 1. The van der Waals surface area contributed by atoms with Crippen molar-refractivity contribution in [2.45, 2.75) is 32.4 Å². The van der Waals surface area contributed by atoms with Crippen molar-refractivity contribution < 1.29 is 4.39 Å². The maximum atomic E-state index is 13.2. The second-order valence-corrected chi connectivity index (χ2v) is 7.96. The molecule has 2 aliphatic heterocycles. The van der Waals surface area contributed by atoms with Crippen molar-refractivity contribution in [1.29, 1.82) is 0 Å². The number of hydrogen-bond acceptors (Lipinski definition) is 8. The average molecular weight is 412 g/mol. The van der Waals surface area contributed by atoms with Gasteiger partial charge in [0.15, 0.2) is 5.82 Å². The van der Waals surface area contributed by atoms with Crippen LogP contribution in [0.5, 0.6) is 0 Å². The van der Waals surface area contributed by atoms with Gasteiger partial charge in [-0.2, -0.15) is 9.36 Å². The van der Waals surface area contributed by atoms with Gasteiger partial charge in [-0.15, -0.1) is 5.10 Å². The van der Waals surface area contributed by atoms with Gasteiger partial charge in [-0.25, -0.2) is 14.1 Å². The van der Waals surface area contributed by atoms with Crippen LogP contribution >= 0.6 is 11.5 Å². The molecule has 8 nitrogen and oxygen atoms in total. The van der Waals surface area contributed by atoms with E-state index in [9.17, 15) is 4.39 Å². The Labute approximate surface area is 171 Å². The molecule has 150 valence electrons. The van der Waals surface area contributed by atoms with E-state index in [1.165, 1.54) is 23.7 Å². The first-order chi connectivity index (χ1) is 14.1. The Morgan fingerprint density at radius 2 is 1.90 bits per heavy atom. The zero-order valence-corrected chi connectivity index (χ0v) is 16.8. The fraction of sp³-hybridized carbons (Fsp3) is 0.368. The molecule has 3 aromatic rings. The quantitative estimate of drug-likeness (QED) is 0.706. The summed E-state index contributed by atoms with van der Waals surface area (Å²) in [5, 5.41) is 9.03. The van der Waals surface area contributed by atoms with Gasteiger partial charge in [0.05, 0.1) is 6.54 Å². The minimum Gasteiger partial charge on any atom is -0.350 e. The summed E-state index contributed by atoms with van der Waals surface area (Å²) in [6.07, 6.45) is 5.81. The Hall–Kier alpha value is -3.01. The molecule has 1 N–H and O–H groups in total. The Balaban J connectivity index is 1.20. The fourth-order valence-electron chi connectivity index (χ4n) is 3.61. The van der Waals surface area contributed by atoms with Crippen molar-refractivity contribution >= 4 is 34.5 Å². The summed E-state index contributed by atoms with van der Waals surface area (Å²) >= 11 is 1.46. The van der Waals surface area contributed by atoms with Crippen molar-refractivity contribution in [2.75, 3.05) is 28.2 Å².